The first-order chi connectivity index (χ1) is 17.6. The van der Waals surface area contributed by atoms with E-state index in [-0.39, 0.29) is 47.4 Å². The van der Waals surface area contributed by atoms with Gasteiger partial charge in [0.25, 0.3) is 5.91 Å². The van der Waals surface area contributed by atoms with Crippen LogP contribution in [0.5, 0.6) is 0 Å². The van der Waals surface area contributed by atoms with Crippen molar-refractivity contribution in [2.75, 3.05) is 13.1 Å². The smallest absolute Gasteiger partial charge is 0.289 e. The Bertz CT molecular complexity index is 968. The lowest BCUT2D eigenvalue weighted by molar-refractivity contribution is -0.144. The lowest BCUT2D eigenvalue weighted by atomic mass is 9.81. The molecule has 3 saturated carbocycles. The molecule has 5 rings (SSSR count). The SMILES string of the molecule is CC1CCC(CC(=O)N2C[C@H]3[C@@H]([C@H]2C(=O)N[C@@H](C[C@@H]2CCNC2=O)C(=O)C(=O)NC2CC2)C3(C)C)CC1. The van der Waals surface area contributed by atoms with E-state index in [0.717, 1.165) is 38.5 Å². The molecule has 0 aromatic carbocycles. The zero-order valence-electron chi connectivity index (χ0n) is 22.4. The topological polar surface area (TPSA) is 125 Å². The normalized spacial score (nSPS) is 34.8. The standard InChI is InChI=1S/C28H42N4O5/c1-15-4-6-16(7-5-15)12-21(33)32-14-19-22(28(19,2)3)23(32)26(36)31-20(13-17-10-11-29-25(17)35)24(34)27(37)30-18-8-9-18/h15-20,22-23H,4-14H2,1-3H3,(H,29,35)(H,30,37)(H,31,36)/t15?,16?,17-,19-,20-,22-,23-/m0/s1. The van der Waals surface area contributed by atoms with Crippen LogP contribution in [-0.2, 0) is 24.0 Å². The maximum absolute atomic E-state index is 13.8. The number of Topliss-reactive ketones (excluding diaryl/α,β-unsaturated/α-hetero) is 1. The summed E-state index contributed by atoms with van der Waals surface area (Å²) in [4.78, 5) is 66.9. The highest BCUT2D eigenvalue weighted by Crippen LogP contribution is 2.65. The van der Waals surface area contributed by atoms with Crippen LogP contribution in [0.25, 0.3) is 0 Å². The minimum atomic E-state index is -1.09. The van der Waals surface area contributed by atoms with Crippen molar-refractivity contribution in [1.82, 2.24) is 20.9 Å². The van der Waals surface area contributed by atoms with Crippen LogP contribution >= 0.6 is 0 Å². The van der Waals surface area contributed by atoms with E-state index in [1.165, 1.54) is 0 Å². The number of piperidine rings is 1. The Morgan fingerprint density at radius 1 is 1.05 bits per heavy atom. The Labute approximate surface area is 219 Å². The van der Waals surface area contributed by atoms with Gasteiger partial charge in [0.05, 0.1) is 6.04 Å². The molecule has 2 heterocycles. The summed E-state index contributed by atoms with van der Waals surface area (Å²) in [5, 5.41) is 8.33. The van der Waals surface area contributed by atoms with E-state index < -0.39 is 29.7 Å². The summed E-state index contributed by atoms with van der Waals surface area (Å²) in [6.45, 7) is 7.59. The van der Waals surface area contributed by atoms with Crippen molar-refractivity contribution in [2.45, 2.75) is 96.7 Å². The van der Waals surface area contributed by atoms with Gasteiger partial charge in [0.1, 0.15) is 6.04 Å². The van der Waals surface area contributed by atoms with E-state index in [1.54, 1.807) is 4.90 Å². The van der Waals surface area contributed by atoms with Crippen molar-refractivity contribution in [2.24, 2.45) is 35.0 Å². The number of rotatable bonds is 9. The maximum Gasteiger partial charge on any atom is 0.289 e. The van der Waals surface area contributed by atoms with Crippen molar-refractivity contribution in [3.8, 4) is 0 Å². The van der Waals surface area contributed by atoms with E-state index in [1.807, 2.05) is 0 Å². The zero-order chi connectivity index (χ0) is 26.5. The van der Waals surface area contributed by atoms with Crippen LogP contribution in [0, 0.1) is 35.0 Å². The first-order valence-electron chi connectivity index (χ1n) is 14.3. The molecule has 37 heavy (non-hydrogen) atoms. The van der Waals surface area contributed by atoms with Crippen LogP contribution in [-0.4, -0.2) is 65.5 Å². The number of fused-ring (bicyclic) bond motifs is 1. The molecule has 9 heteroatoms. The van der Waals surface area contributed by atoms with Gasteiger partial charge in [-0.15, -0.1) is 0 Å². The minimum absolute atomic E-state index is 0.0151. The predicted octanol–water partition coefficient (Wildman–Crippen LogP) is 1.54. The average molecular weight is 515 g/mol. The molecule has 0 aromatic heterocycles. The lowest BCUT2D eigenvalue weighted by Gasteiger charge is -2.33. The summed E-state index contributed by atoms with van der Waals surface area (Å²) >= 11 is 0. The summed E-state index contributed by atoms with van der Waals surface area (Å²) in [7, 11) is 0. The second kappa shape index (κ2) is 10.0. The fourth-order valence-electron chi connectivity index (χ4n) is 7.03. The van der Waals surface area contributed by atoms with Crippen LogP contribution in [0.3, 0.4) is 0 Å². The van der Waals surface area contributed by atoms with Gasteiger partial charge in [0, 0.05) is 31.5 Å². The van der Waals surface area contributed by atoms with Gasteiger partial charge in [-0.05, 0) is 67.6 Å². The van der Waals surface area contributed by atoms with E-state index >= 15 is 0 Å². The number of hydrogen-bond acceptors (Lipinski definition) is 5. The number of likely N-dealkylation sites (tertiary alicyclic amines) is 1. The molecule has 0 aromatic rings. The molecule has 5 atom stereocenters. The molecule has 204 valence electrons. The van der Waals surface area contributed by atoms with E-state index in [0.29, 0.717) is 37.8 Å². The summed E-state index contributed by atoms with van der Waals surface area (Å²) < 4.78 is 0. The quantitative estimate of drug-likeness (QED) is 0.403. The Balaban J connectivity index is 1.29. The summed E-state index contributed by atoms with van der Waals surface area (Å²) in [5.74, 6) is -0.995. The highest BCUT2D eigenvalue weighted by molar-refractivity contribution is 6.38. The lowest BCUT2D eigenvalue weighted by Crippen LogP contribution is -2.56. The Hall–Kier alpha value is -2.45. The van der Waals surface area contributed by atoms with Crippen molar-refractivity contribution in [3.05, 3.63) is 0 Å². The first-order valence-corrected chi connectivity index (χ1v) is 14.3. The van der Waals surface area contributed by atoms with Crippen molar-refractivity contribution >= 4 is 29.4 Å². The molecular weight excluding hydrogens is 472 g/mol. The predicted molar refractivity (Wildman–Crippen MR) is 136 cm³/mol. The van der Waals surface area contributed by atoms with Crippen molar-refractivity contribution in [1.29, 1.82) is 0 Å². The number of nitrogens with zero attached hydrogens (tertiary/aromatic N) is 1. The van der Waals surface area contributed by atoms with Gasteiger partial charge in [-0.2, -0.15) is 0 Å². The number of nitrogens with one attached hydrogen (secondary N) is 3. The molecule has 3 N–H and O–H groups in total. The molecule has 3 aliphatic carbocycles. The monoisotopic (exact) mass is 514 g/mol. The summed E-state index contributed by atoms with van der Waals surface area (Å²) in [6.07, 6.45) is 7.18. The van der Waals surface area contributed by atoms with E-state index in [2.05, 4.69) is 36.7 Å². The second-order valence-electron chi connectivity index (χ2n) is 13.0. The third-order valence-electron chi connectivity index (χ3n) is 9.85. The molecule has 0 radical (unpaired) electrons. The number of amides is 4. The fraction of sp³-hybridized carbons (Fsp3) is 0.821. The van der Waals surface area contributed by atoms with Crippen LogP contribution in [0.15, 0.2) is 0 Å². The van der Waals surface area contributed by atoms with Gasteiger partial charge in [0.15, 0.2) is 0 Å². The molecule has 0 bridgehead atoms. The summed E-state index contributed by atoms with van der Waals surface area (Å²) in [5.41, 5.74) is -0.0484. The highest BCUT2D eigenvalue weighted by Gasteiger charge is 2.69. The molecule has 2 saturated heterocycles. The molecule has 2 aliphatic heterocycles. The van der Waals surface area contributed by atoms with Gasteiger partial charge in [-0.1, -0.05) is 33.6 Å². The Morgan fingerprint density at radius 3 is 2.38 bits per heavy atom. The number of hydrogen-bond donors (Lipinski definition) is 3. The molecule has 0 spiro atoms. The maximum atomic E-state index is 13.8. The van der Waals surface area contributed by atoms with Crippen LogP contribution < -0.4 is 16.0 Å². The minimum Gasteiger partial charge on any atom is -0.356 e. The molecule has 0 unspecified atom stereocenters. The van der Waals surface area contributed by atoms with E-state index in [9.17, 15) is 24.0 Å². The summed E-state index contributed by atoms with van der Waals surface area (Å²) in [6, 6.07) is -1.71. The van der Waals surface area contributed by atoms with Crippen LogP contribution in [0.2, 0.25) is 0 Å². The van der Waals surface area contributed by atoms with Gasteiger partial charge >= 0.3 is 0 Å². The largest absolute Gasteiger partial charge is 0.356 e. The number of carbonyl (C=O) groups excluding carboxylic acids is 5. The zero-order valence-corrected chi connectivity index (χ0v) is 22.4. The fourth-order valence-corrected chi connectivity index (χ4v) is 7.03. The Morgan fingerprint density at radius 2 is 1.76 bits per heavy atom. The van der Waals surface area contributed by atoms with E-state index in [4.69, 9.17) is 0 Å². The van der Waals surface area contributed by atoms with Gasteiger partial charge < -0.3 is 20.9 Å². The van der Waals surface area contributed by atoms with Gasteiger partial charge in [-0.3, -0.25) is 24.0 Å². The highest BCUT2D eigenvalue weighted by atomic mass is 16.2. The molecule has 5 aliphatic rings. The van der Waals surface area contributed by atoms with Crippen molar-refractivity contribution in [3.63, 3.8) is 0 Å². The second-order valence-corrected chi connectivity index (χ2v) is 13.0. The molecule has 5 fully saturated rings. The third kappa shape index (κ3) is 5.41. The van der Waals surface area contributed by atoms with Crippen molar-refractivity contribution < 1.29 is 24.0 Å². The Kier molecular flexibility index (Phi) is 7.09. The first kappa shape index (κ1) is 26.2. The van der Waals surface area contributed by atoms with Gasteiger partial charge in [0.2, 0.25) is 23.5 Å². The molecule has 9 nitrogen and oxygen atoms in total. The molecular formula is C28H42N4O5. The van der Waals surface area contributed by atoms with Crippen LogP contribution in [0.4, 0.5) is 0 Å². The molecule has 4 amide bonds. The van der Waals surface area contributed by atoms with Crippen LogP contribution in [0.1, 0.15) is 78.6 Å². The average Bonchev–Trinajstić information content (AvgIpc) is 3.62. The van der Waals surface area contributed by atoms with Gasteiger partial charge in [-0.25, -0.2) is 0 Å². The number of carbonyl (C=O) groups is 5. The number of ketones is 1. The third-order valence-corrected chi connectivity index (χ3v) is 9.85.